The van der Waals surface area contributed by atoms with Crippen LogP contribution in [0.5, 0.6) is 0 Å². The molecule has 76 valence electrons. The summed E-state index contributed by atoms with van der Waals surface area (Å²) < 4.78 is 4.85. The third-order valence-corrected chi connectivity index (χ3v) is 1.81. The number of carbonyl (C=O) groups excluding carboxylic acids is 1. The third kappa shape index (κ3) is 4.55. The lowest BCUT2D eigenvalue weighted by atomic mass is 10.3. The Hall–Kier alpha value is -0.990. The largest absolute Gasteiger partial charge is 0.463 e. The predicted octanol–water partition coefficient (Wildman–Crippen LogP) is 1.79. The van der Waals surface area contributed by atoms with Crippen LogP contribution in [0.25, 0.3) is 0 Å². The van der Waals surface area contributed by atoms with E-state index in [1.807, 2.05) is 18.1 Å². The maximum absolute atomic E-state index is 11.2. The average molecular weight is 185 g/mol. The molecule has 0 aromatic heterocycles. The quantitative estimate of drug-likeness (QED) is 0.494. The molecule has 0 saturated carbocycles. The van der Waals surface area contributed by atoms with Crippen molar-refractivity contribution in [3.63, 3.8) is 0 Å². The summed E-state index contributed by atoms with van der Waals surface area (Å²) in [4.78, 5) is 13.2. The highest BCUT2D eigenvalue weighted by Crippen LogP contribution is 2.01. The smallest absolute Gasteiger partial charge is 0.335 e. The minimum Gasteiger partial charge on any atom is -0.463 e. The van der Waals surface area contributed by atoms with E-state index in [-0.39, 0.29) is 5.97 Å². The first-order valence-electron chi connectivity index (χ1n) is 4.56. The maximum atomic E-state index is 11.2. The Morgan fingerprint density at radius 2 is 2.08 bits per heavy atom. The molecular weight excluding hydrogens is 166 g/mol. The van der Waals surface area contributed by atoms with E-state index in [4.69, 9.17) is 4.74 Å². The number of nitrogens with zero attached hydrogens (tertiary/aromatic N) is 1. The van der Waals surface area contributed by atoms with Gasteiger partial charge in [0.2, 0.25) is 0 Å². The number of esters is 1. The van der Waals surface area contributed by atoms with Crippen molar-refractivity contribution in [3.8, 4) is 0 Å². The molecule has 0 aromatic rings. The van der Waals surface area contributed by atoms with Gasteiger partial charge in [-0.15, -0.1) is 0 Å². The van der Waals surface area contributed by atoms with Gasteiger partial charge in [-0.2, -0.15) is 0 Å². The molecule has 0 radical (unpaired) electrons. The van der Waals surface area contributed by atoms with Crippen LogP contribution in [0.3, 0.4) is 0 Å². The van der Waals surface area contributed by atoms with Gasteiger partial charge in [-0.3, -0.25) is 0 Å². The van der Waals surface area contributed by atoms with E-state index in [2.05, 4.69) is 13.8 Å². The van der Waals surface area contributed by atoms with Gasteiger partial charge in [0, 0.05) is 24.9 Å². The van der Waals surface area contributed by atoms with Gasteiger partial charge in [0.1, 0.15) is 0 Å². The minimum atomic E-state index is -0.241. The Bertz CT molecular complexity index is 197. The molecule has 0 bridgehead atoms. The molecule has 0 aliphatic rings. The standard InChI is InChI=1S/C10H19NO2/c1-6-13-10(12)9(4)7-11(5)8(2)3/h7-8H,6H2,1-5H3. The van der Waals surface area contributed by atoms with E-state index in [1.165, 1.54) is 0 Å². The molecule has 0 amide bonds. The zero-order chi connectivity index (χ0) is 10.4. The summed E-state index contributed by atoms with van der Waals surface area (Å²) in [6.45, 7) is 8.12. The number of carbonyl (C=O) groups is 1. The highest BCUT2D eigenvalue weighted by atomic mass is 16.5. The summed E-state index contributed by atoms with van der Waals surface area (Å²) >= 11 is 0. The Morgan fingerprint density at radius 1 is 1.54 bits per heavy atom. The highest BCUT2D eigenvalue weighted by molar-refractivity contribution is 5.87. The second-order valence-electron chi connectivity index (χ2n) is 3.29. The molecule has 0 rings (SSSR count). The van der Waals surface area contributed by atoms with Crippen LogP contribution in [0, 0.1) is 0 Å². The number of hydrogen-bond donors (Lipinski definition) is 0. The predicted molar refractivity (Wildman–Crippen MR) is 53.3 cm³/mol. The third-order valence-electron chi connectivity index (χ3n) is 1.81. The summed E-state index contributed by atoms with van der Waals surface area (Å²) in [7, 11) is 1.94. The lowest BCUT2D eigenvalue weighted by molar-refractivity contribution is -0.138. The summed E-state index contributed by atoms with van der Waals surface area (Å²) in [5.41, 5.74) is 0.637. The van der Waals surface area contributed by atoms with Crippen molar-refractivity contribution >= 4 is 5.97 Å². The molecule has 0 aromatic carbocycles. The first-order chi connectivity index (χ1) is 5.99. The van der Waals surface area contributed by atoms with E-state index in [0.29, 0.717) is 18.2 Å². The van der Waals surface area contributed by atoms with E-state index in [9.17, 15) is 4.79 Å². The Labute approximate surface area is 80.4 Å². The normalized spacial score (nSPS) is 11.7. The van der Waals surface area contributed by atoms with Gasteiger partial charge in [-0.1, -0.05) is 0 Å². The fourth-order valence-electron chi connectivity index (χ4n) is 0.752. The van der Waals surface area contributed by atoms with Gasteiger partial charge in [0.05, 0.1) is 6.61 Å². The molecule has 0 aliphatic heterocycles. The van der Waals surface area contributed by atoms with Crippen molar-refractivity contribution in [2.24, 2.45) is 0 Å². The van der Waals surface area contributed by atoms with Crippen molar-refractivity contribution in [2.75, 3.05) is 13.7 Å². The molecule has 0 saturated heterocycles. The molecule has 0 N–H and O–H groups in total. The molecule has 0 unspecified atom stereocenters. The summed E-state index contributed by atoms with van der Waals surface area (Å²) in [5, 5.41) is 0. The highest BCUT2D eigenvalue weighted by Gasteiger charge is 2.06. The zero-order valence-corrected chi connectivity index (χ0v) is 9.13. The van der Waals surface area contributed by atoms with Crippen molar-refractivity contribution in [1.82, 2.24) is 4.90 Å². The van der Waals surface area contributed by atoms with E-state index in [1.54, 1.807) is 13.8 Å². The molecule has 3 nitrogen and oxygen atoms in total. The minimum absolute atomic E-state index is 0.241. The summed E-state index contributed by atoms with van der Waals surface area (Å²) in [6.07, 6.45) is 1.81. The topological polar surface area (TPSA) is 29.5 Å². The van der Waals surface area contributed by atoms with Crippen LogP contribution in [-0.4, -0.2) is 30.6 Å². The van der Waals surface area contributed by atoms with Gasteiger partial charge in [0.25, 0.3) is 0 Å². The molecule has 0 spiro atoms. The number of hydrogen-bond acceptors (Lipinski definition) is 3. The molecule has 0 fully saturated rings. The second-order valence-corrected chi connectivity index (χ2v) is 3.29. The van der Waals surface area contributed by atoms with Crippen LogP contribution in [0.15, 0.2) is 11.8 Å². The summed E-state index contributed by atoms with van der Waals surface area (Å²) in [6, 6.07) is 0.393. The Kier molecular flexibility index (Phi) is 5.19. The van der Waals surface area contributed by atoms with E-state index < -0.39 is 0 Å². The van der Waals surface area contributed by atoms with Gasteiger partial charge in [-0.25, -0.2) is 4.79 Å². The number of rotatable bonds is 4. The van der Waals surface area contributed by atoms with Crippen LogP contribution in [0.2, 0.25) is 0 Å². The molecule has 0 heterocycles. The fourth-order valence-corrected chi connectivity index (χ4v) is 0.752. The maximum Gasteiger partial charge on any atom is 0.335 e. The molecule has 3 heteroatoms. The van der Waals surface area contributed by atoms with Crippen LogP contribution < -0.4 is 0 Å². The number of ether oxygens (including phenoxy) is 1. The van der Waals surface area contributed by atoms with E-state index in [0.717, 1.165) is 0 Å². The lowest BCUT2D eigenvalue weighted by Gasteiger charge is -2.19. The van der Waals surface area contributed by atoms with Gasteiger partial charge in [0.15, 0.2) is 0 Å². The first kappa shape index (κ1) is 12.0. The SMILES string of the molecule is CCOC(=O)C(C)=CN(C)C(C)C. The van der Waals surface area contributed by atoms with Crippen molar-refractivity contribution in [1.29, 1.82) is 0 Å². The van der Waals surface area contributed by atoms with Crippen molar-refractivity contribution in [3.05, 3.63) is 11.8 Å². The fraction of sp³-hybridized carbons (Fsp3) is 0.700. The van der Waals surface area contributed by atoms with Crippen LogP contribution in [0.1, 0.15) is 27.7 Å². The molecule has 0 atom stereocenters. The monoisotopic (exact) mass is 185 g/mol. The molecule has 13 heavy (non-hydrogen) atoms. The van der Waals surface area contributed by atoms with Crippen LogP contribution in [0.4, 0.5) is 0 Å². The van der Waals surface area contributed by atoms with Crippen LogP contribution in [-0.2, 0) is 9.53 Å². The van der Waals surface area contributed by atoms with Crippen molar-refractivity contribution < 1.29 is 9.53 Å². The Morgan fingerprint density at radius 3 is 2.46 bits per heavy atom. The van der Waals surface area contributed by atoms with Crippen molar-refractivity contribution in [2.45, 2.75) is 33.7 Å². The second kappa shape index (κ2) is 5.62. The van der Waals surface area contributed by atoms with E-state index >= 15 is 0 Å². The Balaban J connectivity index is 4.22. The van der Waals surface area contributed by atoms with Crippen LogP contribution >= 0.6 is 0 Å². The van der Waals surface area contributed by atoms with Gasteiger partial charge < -0.3 is 9.64 Å². The summed E-state index contributed by atoms with van der Waals surface area (Å²) in [5.74, 6) is -0.241. The van der Waals surface area contributed by atoms with Gasteiger partial charge >= 0.3 is 5.97 Å². The average Bonchev–Trinajstić information content (AvgIpc) is 2.04. The molecular formula is C10H19NO2. The first-order valence-corrected chi connectivity index (χ1v) is 4.56. The molecule has 0 aliphatic carbocycles. The zero-order valence-electron chi connectivity index (χ0n) is 9.13. The van der Waals surface area contributed by atoms with Gasteiger partial charge in [-0.05, 0) is 27.7 Å². The lowest BCUT2D eigenvalue weighted by Crippen LogP contribution is -2.21.